The summed E-state index contributed by atoms with van der Waals surface area (Å²) >= 11 is 0. The van der Waals surface area contributed by atoms with E-state index in [0.29, 0.717) is 5.92 Å². The number of aromatic amines is 1. The average Bonchev–Trinajstić information content (AvgIpc) is 3.00. The maximum atomic E-state index is 12.2. The fraction of sp³-hybridized carbons (Fsp3) is 0.778. The Balaban J connectivity index is 2.09. The summed E-state index contributed by atoms with van der Waals surface area (Å²) in [5, 5.41) is 10.6. The average molecular weight is 336 g/mol. The van der Waals surface area contributed by atoms with Gasteiger partial charge in [-0.15, -0.1) is 0 Å². The molecule has 6 heteroatoms. The van der Waals surface area contributed by atoms with Gasteiger partial charge < -0.3 is 15.0 Å². The van der Waals surface area contributed by atoms with Crippen LogP contribution in [0, 0.1) is 11.3 Å². The van der Waals surface area contributed by atoms with Crippen LogP contribution in [0.1, 0.15) is 50.3 Å². The van der Waals surface area contributed by atoms with Crippen molar-refractivity contribution in [3.05, 3.63) is 17.5 Å². The van der Waals surface area contributed by atoms with E-state index < -0.39 is 0 Å². The zero-order chi connectivity index (χ0) is 17.7. The first-order valence-corrected chi connectivity index (χ1v) is 8.82. The van der Waals surface area contributed by atoms with E-state index in [-0.39, 0.29) is 17.3 Å². The fourth-order valence-corrected chi connectivity index (χ4v) is 3.73. The van der Waals surface area contributed by atoms with Crippen LogP contribution in [0.25, 0.3) is 0 Å². The molecule has 0 aromatic carbocycles. The Morgan fingerprint density at radius 3 is 2.96 bits per heavy atom. The number of ether oxygens (including phenoxy) is 1. The van der Waals surface area contributed by atoms with Gasteiger partial charge >= 0.3 is 5.97 Å². The van der Waals surface area contributed by atoms with E-state index in [2.05, 4.69) is 41.3 Å². The zero-order valence-electron chi connectivity index (χ0n) is 15.7. The van der Waals surface area contributed by atoms with Crippen LogP contribution >= 0.6 is 0 Å². The molecule has 2 rings (SSSR count). The quantitative estimate of drug-likeness (QED) is 0.747. The molecule has 136 valence electrons. The number of likely N-dealkylation sites (N-methyl/N-ethyl adjacent to an activating group) is 2. The number of nitrogens with zero attached hydrogens (tertiary/aromatic N) is 2. The Kier molecular flexibility index (Phi) is 6.40. The van der Waals surface area contributed by atoms with Gasteiger partial charge in [-0.25, -0.2) is 0 Å². The number of aromatic nitrogens is 2. The molecule has 1 saturated carbocycles. The standard InChI is InChI=1S/C18H32N4O2/c1-18(2)7-6-13(10-15(18)17(23)24-5)16-14(11-20-21-16)12-22(4)9-8-19-3/h11,13,15,19H,6-10,12H2,1-5H3,(H,20,21)/t13?,15-/m1/s1. The van der Waals surface area contributed by atoms with Crippen molar-refractivity contribution < 1.29 is 9.53 Å². The second-order valence-electron chi connectivity index (χ2n) is 7.69. The van der Waals surface area contributed by atoms with E-state index in [1.54, 1.807) is 0 Å². The molecule has 0 aliphatic heterocycles. The van der Waals surface area contributed by atoms with E-state index in [1.165, 1.54) is 18.4 Å². The number of esters is 1. The molecule has 6 nitrogen and oxygen atoms in total. The topological polar surface area (TPSA) is 70.2 Å². The van der Waals surface area contributed by atoms with Crippen molar-refractivity contribution in [3.8, 4) is 0 Å². The number of hydrogen-bond donors (Lipinski definition) is 2. The van der Waals surface area contributed by atoms with Crippen LogP contribution in [0.15, 0.2) is 6.20 Å². The number of carbonyl (C=O) groups is 1. The number of rotatable bonds is 7. The number of hydrogen-bond acceptors (Lipinski definition) is 5. The minimum absolute atomic E-state index is 0.00658. The molecule has 1 heterocycles. The van der Waals surface area contributed by atoms with Gasteiger partial charge in [0.05, 0.1) is 19.2 Å². The SMILES string of the molecule is CNCCN(C)Cc1cn[nH]c1C1CCC(C)(C)[C@@H](C(=O)OC)C1. The first-order chi connectivity index (χ1) is 11.4. The number of carbonyl (C=O) groups excluding carboxylic acids is 1. The molecule has 2 N–H and O–H groups in total. The van der Waals surface area contributed by atoms with Crippen molar-refractivity contribution in [3.63, 3.8) is 0 Å². The van der Waals surface area contributed by atoms with Gasteiger partial charge in [-0.2, -0.15) is 5.10 Å². The van der Waals surface area contributed by atoms with Crippen LogP contribution in [0.3, 0.4) is 0 Å². The van der Waals surface area contributed by atoms with Crippen LogP contribution < -0.4 is 5.32 Å². The van der Waals surface area contributed by atoms with Crippen molar-refractivity contribution >= 4 is 5.97 Å². The van der Waals surface area contributed by atoms with Gasteiger partial charge in [0.1, 0.15) is 0 Å². The van der Waals surface area contributed by atoms with Crippen molar-refractivity contribution in [1.29, 1.82) is 0 Å². The second-order valence-corrected chi connectivity index (χ2v) is 7.69. The smallest absolute Gasteiger partial charge is 0.309 e. The lowest BCUT2D eigenvalue weighted by Gasteiger charge is -2.40. The summed E-state index contributed by atoms with van der Waals surface area (Å²) in [5.74, 6) is 0.202. The third-order valence-corrected chi connectivity index (χ3v) is 5.43. The summed E-state index contributed by atoms with van der Waals surface area (Å²) < 4.78 is 5.05. The van der Waals surface area contributed by atoms with E-state index >= 15 is 0 Å². The maximum Gasteiger partial charge on any atom is 0.309 e. The van der Waals surface area contributed by atoms with Gasteiger partial charge in [0.15, 0.2) is 0 Å². The highest BCUT2D eigenvalue weighted by molar-refractivity contribution is 5.73. The monoisotopic (exact) mass is 336 g/mol. The van der Waals surface area contributed by atoms with Crippen molar-refractivity contribution in [2.45, 2.75) is 45.6 Å². The van der Waals surface area contributed by atoms with Gasteiger partial charge in [0, 0.05) is 36.8 Å². The van der Waals surface area contributed by atoms with Crippen molar-refractivity contribution in [2.75, 3.05) is 34.3 Å². The molecule has 1 unspecified atom stereocenters. The first kappa shape index (κ1) is 18.9. The highest BCUT2D eigenvalue weighted by atomic mass is 16.5. The Labute approximate surface area is 145 Å². The fourth-order valence-electron chi connectivity index (χ4n) is 3.73. The molecule has 0 amide bonds. The highest BCUT2D eigenvalue weighted by Crippen LogP contribution is 2.47. The van der Waals surface area contributed by atoms with Crippen LogP contribution in [0.2, 0.25) is 0 Å². The van der Waals surface area contributed by atoms with Gasteiger partial charge in [-0.05, 0) is 38.8 Å². The molecule has 1 aromatic rings. The second kappa shape index (κ2) is 8.12. The lowest BCUT2D eigenvalue weighted by atomic mass is 9.64. The van der Waals surface area contributed by atoms with Gasteiger partial charge in [0.2, 0.25) is 0 Å². The molecule has 0 radical (unpaired) electrons. The molecular weight excluding hydrogens is 304 g/mol. The summed E-state index contributed by atoms with van der Waals surface area (Å²) in [6.45, 7) is 7.17. The Bertz CT molecular complexity index is 541. The molecule has 0 bridgehead atoms. The molecule has 1 fully saturated rings. The largest absolute Gasteiger partial charge is 0.469 e. The number of nitrogens with one attached hydrogen (secondary N) is 2. The van der Waals surface area contributed by atoms with E-state index in [0.717, 1.165) is 38.9 Å². The third-order valence-electron chi connectivity index (χ3n) is 5.43. The summed E-state index contributed by atoms with van der Waals surface area (Å²) in [6, 6.07) is 0. The van der Waals surface area contributed by atoms with Crippen LogP contribution in [0.4, 0.5) is 0 Å². The van der Waals surface area contributed by atoms with Crippen LogP contribution in [-0.2, 0) is 16.1 Å². The molecule has 24 heavy (non-hydrogen) atoms. The lowest BCUT2D eigenvalue weighted by molar-refractivity contribution is -0.151. The molecular formula is C18H32N4O2. The van der Waals surface area contributed by atoms with Crippen molar-refractivity contribution in [2.24, 2.45) is 11.3 Å². The maximum absolute atomic E-state index is 12.2. The van der Waals surface area contributed by atoms with E-state index in [4.69, 9.17) is 4.74 Å². The predicted molar refractivity (Wildman–Crippen MR) is 94.7 cm³/mol. The van der Waals surface area contributed by atoms with E-state index in [9.17, 15) is 4.79 Å². The molecule has 1 aliphatic rings. The van der Waals surface area contributed by atoms with Crippen molar-refractivity contribution in [1.82, 2.24) is 20.4 Å². The Morgan fingerprint density at radius 1 is 1.54 bits per heavy atom. The Morgan fingerprint density at radius 2 is 2.29 bits per heavy atom. The van der Waals surface area contributed by atoms with Gasteiger partial charge in [-0.3, -0.25) is 9.89 Å². The minimum atomic E-state index is -0.0862. The van der Waals surface area contributed by atoms with Crippen LogP contribution in [0.5, 0.6) is 0 Å². The zero-order valence-corrected chi connectivity index (χ0v) is 15.7. The minimum Gasteiger partial charge on any atom is -0.469 e. The first-order valence-electron chi connectivity index (χ1n) is 8.82. The molecule has 0 spiro atoms. The van der Waals surface area contributed by atoms with Gasteiger partial charge in [-0.1, -0.05) is 13.8 Å². The van der Waals surface area contributed by atoms with E-state index in [1.807, 2.05) is 13.2 Å². The lowest BCUT2D eigenvalue weighted by Crippen LogP contribution is -2.37. The summed E-state index contributed by atoms with van der Waals surface area (Å²) in [6.07, 6.45) is 4.86. The molecule has 0 saturated heterocycles. The highest BCUT2D eigenvalue weighted by Gasteiger charge is 2.42. The summed E-state index contributed by atoms with van der Waals surface area (Å²) in [7, 11) is 5.57. The molecule has 1 aliphatic carbocycles. The van der Waals surface area contributed by atoms with Crippen LogP contribution in [-0.4, -0.2) is 55.4 Å². The van der Waals surface area contributed by atoms with Gasteiger partial charge in [0.25, 0.3) is 0 Å². The summed E-state index contributed by atoms with van der Waals surface area (Å²) in [5.41, 5.74) is 2.42. The predicted octanol–water partition coefficient (Wildman–Crippen LogP) is 2.14. The molecule has 1 aromatic heterocycles. The Hall–Kier alpha value is -1.40. The normalized spacial score (nSPS) is 23.4. The number of H-pyrrole nitrogens is 1. The summed E-state index contributed by atoms with van der Waals surface area (Å²) in [4.78, 5) is 14.5. The number of methoxy groups -OCH3 is 1. The third kappa shape index (κ3) is 4.36. The molecule has 2 atom stereocenters.